The van der Waals surface area contributed by atoms with E-state index in [4.69, 9.17) is 17.0 Å². The molecule has 3 heterocycles. The molecule has 2 aromatic heterocycles. The Hall–Kier alpha value is -3.53. The highest BCUT2D eigenvalue weighted by Crippen LogP contribution is 2.30. The Bertz CT molecular complexity index is 1190. The third-order valence-corrected chi connectivity index (χ3v) is 5.79. The predicted molar refractivity (Wildman–Crippen MR) is 122 cm³/mol. The summed E-state index contributed by atoms with van der Waals surface area (Å²) in [5.74, 6) is -0.393. The maximum Gasteiger partial charge on any atom is 0.217 e. The molecule has 10 heteroatoms. The predicted octanol–water partition coefficient (Wildman–Crippen LogP) is 3.99. The van der Waals surface area contributed by atoms with Crippen molar-refractivity contribution in [1.29, 1.82) is 0 Å². The summed E-state index contributed by atoms with van der Waals surface area (Å²) in [6, 6.07) is 7.29. The van der Waals surface area contributed by atoms with E-state index in [0.29, 0.717) is 29.6 Å². The first-order valence-corrected chi connectivity index (χ1v) is 10.7. The molecule has 170 valence electrons. The first-order chi connectivity index (χ1) is 15.9. The fourth-order valence-corrected chi connectivity index (χ4v) is 3.65. The number of carbonyl (C=O) groups excluding carboxylic acids is 1. The molecule has 0 radical (unpaired) electrons. The topological polar surface area (TPSA) is 73.1 Å². The van der Waals surface area contributed by atoms with Crippen molar-refractivity contribution in [2.24, 2.45) is 5.92 Å². The lowest BCUT2D eigenvalue weighted by atomic mass is 10.1. The molecule has 0 fully saturated rings. The van der Waals surface area contributed by atoms with Crippen molar-refractivity contribution in [1.82, 2.24) is 19.7 Å². The highest BCUT2D eigenvalue weighted by molar-refractivity contribution is 7.80. The van der Waals surface area contributed by atoms with Crippen molar-refractivity contribution in [2.45, 2.75) is 19.4 Å². The van der Waals surface area contributed by atoms with Crippen LogP contribution in [0.15, 0.2) is 55.0 Å². The van der Waals surface area contributed by atoms with Crippen molar-refractivity contribution in [3.63, 3.8) is 0 Å². The molecule has 0 saturated heterocycles. The van der Waals surface area contributed by atoms with Gasteiger partial charge in [-0.05, 0) is 30.7 Å². The monoisotopic (exact) mass is 469 g/mol. The fourth-order valence-electron chi connectivity index (χ4n) is 3.42. The zero-order valence-electron chi connectivity index (χ0n) is 17.8. The Balaban J connectivity index is 1.32. The minimum atomic E-state index is -0.673. The molecule has 0 aliphatic carbocycles. The van der Waals surface area contributed by atoms with Crippen molar-refractivity contribution < 1.29 is 18.3 Å². The summed E-state index contributed by atoms with van der Waals surface area (Å²) in [6.45, 7) is 0.230. The number of ether oxygens (including phenoxy) is 1. The van der Waals surface area contributed by atoms with E-state index in [1.165, 1.54) is 29.2 Å². The van der Waals surface area contributed by atoms with Crippen LogP contribution < -0.4 is 9.64 Å². The lowest BCUT2D eigenvalue weighted by Crippen LogP contribution is -2.31. The molecular weight excluding hydrogens is 448 g/mol. The maximum atomic E-state index is 13.8. The molecule has 0 amide bonds. The van der Waals surface area contributed by atoms with E-state index in [0.717, 1.165) is 0 Å². The zero-order chi connectivity index (χ0) is 23.4. The van der Waals surface area contributed by atoms with Gasteiger partial charge in [-0.25, -0.2) is 23.4 Å². The van der Waals surface area contributed by atoms with E-state index in [1.54, 1.807) is 12.3 Å². The average Bonchev–Trinajstić information content (AvgIpc) is 3.25. The van der Waals surface area contributed by atoms with E-state index < -0.39 is 11.6 Å². The standard InChI is InChI=1S/C23H21F2N5O2S/c1-29-22-20(10-5-11-26-22)32-13-15(23(29)33)6-2-3-9-19(31)21-27-14-30(28-21)12-16-17(24)7-4-8-18(16)25/h2,4-8,10-11,14-15H,3,9,12-13H2,1H3/b6-2+/t15-/m0/s1. The lowest BCUT2D eigenvalue weighted by molar-refractivity contribution is 0.0973. The first kappa shape index (κ1) is 22.7. The number of Topliss-reactive ketones (excluding diaryl/α,β-unsaturated/α-hetero) is 1. The van der Waals surface area contributed by atoms with Crippen LogP contribution in [0.2, 0.25) is 0 Å². The molecule has 33 heavy (non-hydrogen) atoms. The van der Waals surface area contributed by atoms with Crippen LogP contribution in [0.4, 0.5) is 14.6 Å². The zero-order valence-corrected chi connectivity index (χ0v) is 18.6. The molecule has 4 rings (SSSR count). The maximum absolute atomic E-state index is 13.8. The lowest BCUT2D eigenvalue weighted by Gasteiger charge is -2.19. The molecular formula is C23H21F2N5O2S. The third kappa shape index (κ3) is 5.11. The van der Waals surface area contributed by atoms with Gasteiger partial charge in [-0.3, -0.25) is 4.79 Å². The number of anilines is 1. The number of hydrogen-bond donors (Lipinski definition) is 0. The van der Waals surface area contributed by atoms with Crippen molar-refractivity contribution in [3.8, 4) is 5.75 Å². The Morgan fingerprint density at radius 3 is 2.82 bits per heavy atom. The second-order valence-electron chi connectivity index (χ2n) is 7.50. The van der Waals surface area contributed by atoms with Gasteiger partial charge in [0.15, 0.2) is 11.6 Å². The fraction of sp³-hybridized carbons (Fsp3) is 0.261. The third-order valence-electron chi connectivity index (χ3n) is 5.21. The van der Waals surface area contributed by atoms with Gasteiger partial charge in [0.2, 0.25) is 11.6 Å². The van der Waals surface area contributed by atoms with Gasteiger partial charge < -0.3 is 9.64 Å². The van der Waals surface area contributed by atoms with Crippen LogP contribution >= 0.6 is 12.2 Å². The van der Waals surface area contributed by atoms with Crippen LogP contribution in [0.3, 0.4) is 0 Å². The highest BCUT2D eigenvalue weighted by atomic mass is 32.1. The normalized spacial score (nSPS) is 15.9. The quantitative estimate of drug-likeness (QED) is 0.294. The van der Waals surface area contributed by atoms with E-state index in [9.17, 15) is 13.6 Å². The summed E-state index contributed by atoms with van der Waals surface area (Å²) in [4.78, 5) is 23.2. The smallest absolute Gasteiger partial charge is 0.217 e. The largest absolute Gasteiger partial charge is 0.489 e. The molecule has 0 saturated carbocycles. The minimum Gasteiger partial charge on any atom is -0.489 e. The molecule has 0 N–H and O–H groups in total. The molecule has 0 unspecified atom stereocenters. The number of ketones is 1. The van der Waals surface area contributed by atoms with Gasteiger partial charge in [0.05, 0.1) is 17.5 Å². The molecule has 7 nitrogen and oxygen atoms in total. The second-order valence-corrected chi connectivity index (χ2v) is 7.91. The first-order valence-electron chi connectivity index (χ1n) is 10.3. The second kappa shape index (κ2) is 9.95. The van der Waals surface area contributed by atoms with E-state index in [2.05, 4.69) is 15.1 Å². The van der Waals surface area contributed by atoms with Crippen LogP contribution in [0, 0.1) is 17.6 Å². The number of aromatic nitrogens is 4. The minimum absolute atomic E-state index is 0.00900. The number of allylic oxidation sites excluding steroid dienone is 1. The van der Waals surface area contributed by atoms with Gasteiger partial charge in [0.25, 0.3) is 0 Å². The average molecular weight is 470 g/mol. The number of pyridine rings is 1. The van der Waals surface area contributed by atoms with Gasteiger partial charge in [-0.15, -0.1) is 5.10 Å². The van der Waals surface area contributed by atoms with Crippen molar-refractivity contribution in [2.75, 3.05) is 18.6 Å². The molecule has 1 aromatic carbocycles. The summed E-state index contributed by atoms with van der Waals surface area (Å²) in [6.07, 6.45) is 7.42. The SMILES string of the molecule is CN1C(=S)[C@@H](/C=C/CCC(=O)c2ncn(Cc3c(F)cccc3F)n2)COc2cccnc21. The Morgan fingerprint density at radius 1 is 1.24 bits per heavy atom. The van der Waals surface area contributed by atoms with Crippen LogP contribution in [0.1, 0.15) is 29.0 Å². The molecule has 0 spiro atoms. The number of thiocarbonyl (C=S) groups is 1. The molecule has 0 bridgehead atoms. The van der Waals surface area contributed by atoms with Crippen LogP contribution in [-0.2, 0) is 6.54 Å². The van der Waals surface area contributed by atoms with Gasteiger partial charge in [0.1, 0.15) is 24.6 Å². The van der Waals surface area contributed by atoms with Gasteiger partial charge in [-0.1, -0.05) is 30.4 Å². The van der Waals surface area contributed by atoms with Gasteiger partial charge in [-0.2, -0.15) is 0 Å². The van der Waals surface area contributed by atoms with Crippen LogP contribution in [0.25, 0.3) is 0 Å². The summed E-state index contributed by atoms with van der Waals surface area (Å²) in [5, 5.41) is 4.06. The number of fused-ring (bicyclic) bond motifs is 1. The summed E-state index contributed by atoms with van der Waals surface area (Å²) < 4.78 is 34.7. The molecule has 1 atom stereocenters. The number of nitrogens with zero attached hydrogens (tertiary/aromatic N) is 5. The molecule has 1 aliphatic rings. The van der Waals surface area contributed by atoms with Crippen LogP contribution in [0.5, 0.6) is 5.75 Å². The summed E-state index contributed by atoms with van der Waals surface area (Å²) in [7, 11) is 1.85. The Morgan fingerprint density at radius 2 is 2.03 bits per heavy atom. The number of halogens is 2. The van der Waals surface area contributed by atoms with E-state index in [1.807, 2.05) is 30.2 Å². The number of carbonyl (C=O) groups is 1. The Labute approximate surface area is 194 Å². The highest BCUT2D eigenvalue weighted by Gasteiger charge is 2.25. The van der Waals surface area contributed by atoms with E-state index >= 15 is 0 Å². The summed E-state index contributed by atoms with van der Waals surface area (Å²) in [5.41, 5.74) is -0.131. The van der Waals surface area contributed by atoms with Crippen LogP contribution in [-0.4, -0.2) is 44.2 Å². The van der Waals surface area contributed by atoms with E-state index in [-0.39, 0.29) is 36.1 Å². The van der Waals surface area contributed by atoms with Crippen molar-refractivity contribution in [3.05, 3.63) is 78.0 Å². The molecule has 1 aliphatic heterocycles. The number of benzene rings is 1. The Kier molecular flexibility index (Phi) is 6.83. The summed E-state index contributed by atoms with van der Waals surface area (Å²) >= 11 is 5.58. The number of rotatable bonds is 7. The van der Waals surface area contributed by atoms with Gasteiger partial charge in [0, 0.05) is 25.2 Å². The molecule has 3 aromatic rings. The number of hydrogen-bond acceptors (Lipinski definition) is 6. The van der Waals surface area contributed by atoms with Crippen molar-refractivity contribution >= 4 is 28.8 Å². The van der Waals surface area contributed by atoms with Gasteiger partial charge >= 0.3 is 0 Å².